The minimum absolute atomic E-state index is 0.178. The Kier molecular flexibility index (Phi) is 6.06. The fourth-order valence-electron chi connectivity index (χ4n) is 2.37. The van der Waals surface area contributed by atoms with Gasteiger partial charge in [0.1, 0.15) is 5.01 Å². The van der Waals surface area contributed by atoms with E-state index < -0.39 is 0 Å². The molecule has 1 amide bonds. The van der Waals surface area contributed by atoms with E-state index in [1.54, 1.807) is 6.21 Å². The van der Waals surface area contributed by atoms with Crippen LogP contribution in [0.2, 0.25) is 0 Å². The quantitative estimate of drug-likeness (QED) is 0.517. The first-order chi connectivity index (χ1) is 12.7. The summed E-state index contributed by atoms with van der Waals surface area (Å²) in [6, 6.07) is 19.9. The fourth-order valence-corrected chi connectivity index (χ4v) is 3.17. The Bertz CT molecular complexity index is 915. The van der Waals surface area contributed by atoms with Crippen molar-refractivity contribution >= 4 is 29.5 Å². The highest BCUT2D eigenvalue weighted by molar-refractivity contribution is 7.10. The zero-order valence-corrected chi connectivity index (χ0v) is 15.2. The van der Waals surface area contributed by atoms with E-state index >= 15 is 0 Å². The van der Waals surface area contributed by atoms with Crippen molar-refractivity contribution in [2.45, 2.75) is 13.3 Å². The van der Waals surface area contributed by atoms with Crippen LogP contribution >= 0.6 is 11.3 Å². The molecule has 5 heteroatoms. The van der Waals surface area contributed by atoms with E-state index in [-0.39, 0.29) is 12.3 Å². The van der Waals surface area contributed by atoms with Gasteiger partial charge in [-0.25, -0.2) is 10.4 Å². The average molecular weight is 361 g/mol. The standard InChI is InChI=1S/C21H19N3OS/c1-16(12-17-8-4-2-5-9-17)14-22-24-20(25)13-21-23-19(15-26-21)18-10-6-3-7-11-18/h2-12,14-15H,13H2,1H3,(H,24,25)/b16-12+,22-14-. The number of allylic oxidation sites excluding steroid dienone is 1. The molecule has 1 aromatic heterocycles. The van der Waals surface area contributed by atoms with Crippen LogP contribution in [-0.2, 0) is 11.2 Å². The summed E-state index contributed by atoms with van der Waals surface area (Å²) in [6.45, 7) is 1.94. The third-order valence-electron chi connectivity index (χ3n) is 3.58. The number of nitrogens with zero attached hydrogens (tertiary/aromatic N) is 2. The summed E-state index contributed by atoms with van der Waals surface area (Å²) < 4.78 is 0. The zero-order valence-electron chi connectivity index (χ0n) is 14.4. The van der Waals surface area contributed by atoms with Crippen LogP contribution in [-0.4, -0.2) is 17.1 Å². The van der Waals surface area contributed by atoms with Crippen molar-refractivity contribution in [1.29, 1.82) is 0 Å². The molecule has 0 bridgehead atoms. The lowest BCUT2D eigenvalue weighted by molar-refractivity contribution is -0.120. The Balaban J connectivity index is 1.53. The third-order valence-corrected chi connectivity index (χ3v) is 4.43. The molecule has 0 spiro atoms. The van der Waals surface area contributed by atoms with E-state index in [4.69, 9.17) is 0 Å². The lowest BCUT2D eigenvalue weighted by Crippen LogP contribution is -2.19. The molecule has 1 heterocycles. The molecule has 0 aliphatic rings. The molecule has 4 nitrogen and oxygen atoms in total. The number of thiazole rings is 1. The topological polar surface area (TPSA) is 54.4 Å². The number of nitrogens with one attached hydrogen (secondary N) is 1. The third kappa shape index (κ3) is 5.22. The first-order valence-electron chi connectivity index (χ1n) is 8.26. The number of carbonyl (C=O) groups excluding carboxylic acids is 1. The molecule has 0 fully saturated rings. The van der Waals surface area contributed by atoms with Gasteiger partial charge in [0.05, 0.1) is 18.3 Å². The molecule has 0 unspecified atom stereocenters. The molecule has 0 atom stereocenters. The van der Waals surface area contributed by atoms with E-state index in [1.165, 1.54) is 11.3 Å². The summed E-state index contributed by atoms with van der Waals surface area (Å²) in [5, 5.41) is 6.75. The van der Waals surface area contributed by atoms with Gasteiger partial charge in [0.15, 0.2) is 0 Å². The van der Waals surface area contributed by atoms with E-state index in [0.29, 0.717) is 0 Å². The van der Waals surface area contributed by atoms with Gasteiger partial charge in [-0.1, -0.05) is 66.7 Å². The van der Waals surface area contributed by atoms with Crippen molar-refractivity contribution in [3.8, 4) is 11.3 Å². The van der Waals surface area contributed by atoms with Gasteiger partial charge in [-0.05, 0) is 18.1 Å². The first-order valence-corrected chi connectivity index (χ1v) is 9.14. The molecule has 1 N–H and O–H groups in total. The summed E-state index contributed by atoms with van der Waals surface area (Å²) in [5.41, 5.74) is 6.55. The molecule has 26 heavy (non-hydrogen) atoms. The van der Waals surface area contributed by atoms with Gasteiger partial charge in [-0.3, -0.25) is 4.79 Å². The van der Waals surface area contributed by atoms with Crippen molar-refractivity contribution in [1.82, 2.24) is 10.4 Å². The van der Waals surface area contributed by atoms with Crippen LogP contribution < -0.4 is 5.43 Å². The molecule has 0 aliphatic heterocycles. The SMILES string of the molecule is CC(/C=N\NC(=O)Cc1nc(-c2ccccc2)cs1)=C\c1ccccc1. The Hall–Kier alpha value is -3.05. The zero-order chi connectivity index (χ0) is 18.2. The Labute approximate surface area is 156 Å². The minimum atomic E-state index is -0.178. The fraction of sp³-hybridized carbons (Fsp3) is 0.0952. The molecule has 0 aliphatic carbocycles. The first kappa shape index (κ1) is 17.8. The molecule has 130 valence electrons. The predicted molar refractivity (Wildman–Crippen MR) is 108 cm³/mol. The summed E-state index contributed by atoms with van der Waals surface area (Å²) in [7, 11) is 0. The van der Waals surface area contributed by atoms with Crippen molar-refractivity contribution in [3.63, 3.8) is 0 Å². The van der Waals surface area contributed by atoms with Crippen LogP contribution in [0.5, 0.6) is 0 Å². The molecular weight excluding hydrogens is 342 g/mol. The molecule has 0 saturated carbocycles. The van der Waals surface area contributed by atoms with Crippen LogP contribution in [0.4, 0.5) is 0 Å². The lowest BCUT2D eigenvalue weighted by atomic mass is 10.1. The van der Waals surface area contributed by atoms with Gasteiger partial charge in [0.2, 0.25) is 5.91 Å². The van der Waals surface area contributed by atoms with Crippen LogP contribution in [0, 0.1) is 0 Å². The number of amides is 1. The smallest absolute Gasteiger partial charge is 0.246 e. The van der Waals surface area contributed by atoms with Gasteiger partial charge in [-0.15, -0.1) is 11.3 Å². The maximum Gasteiger partial charge on any atom is 0.246 e. The predicted octanol–water partition coefficient (Wildman–Crippen LogP) is 4.56. The van der Waals surface area contributed by atoms with Gasteiger partial charge in [-0.2, -0.15) is 5.10 Å². The van der Waals surface area contributed by atoms with Crippen LogP contribution in [0.15, 0.2) is 76.7 Å². The largest absolute Gasteiger partial charge is 0.273 e. The van der Waals surface area contributed by atoms with Gasteiger partial charge in [0, 0.05) is 10.9 Å². The molecule has 0 radical (unpaired) electrons. The highest BCUT2D eigenvalue weighted by atomic mass is 32.1. The number of hydrazone groups is 1. The average Bonchev–Trinajstić information content (AvgIpc) is 3.11. The second-order valence-electron chi connectivity index (χ2n) is 5.76. The van der Waals surface area contributed by atoms with E-state index in [9.17, 15) is 4.79 Å². The highest BCUT2D eigenvalue weighted by Gasteiger charge is 2.08. The Morgan fingerprint density at radius 3 is 2.54 bits per heavy atom. The van der Waals surface area contributed by atoms with Gasteiger partial charge in [0.25, 0.3) is 0 Å². The highest BCUT2D eigenvalue weighted by Crippen LogP contribution is 2.21. The second-order valence-corrected chi connectivity index (χ2v) is 6.70. The normalized spacial score (nSPS) is 11.7. The van der Waals surface area contributed by atoms with Crippen molar-refractivity contribution < 1.29 is 4.79 Å². The molecule has 3 rings (SSSR count). The summed E-state index contributed by atoms with van der Waals surface area (Å²) in [6.07, 6.45) is 3.86. The monoisotopic (exact) mass is 361 g/mol. The lowest BCUT2D eigenvalue weighted by Gasteiger charge is -1.98. The number of aromatic nitrogens is 1. The molecule has 3 aromatic rings. The number of hydrogen-bond donors (Lipinski definition) is 1. The second kappa shape index (κ2) is 8.87. The summed E-state index contributed by atoms with van der Waals surface area (Å²) in [4.78, 5) is 16.5. The summed E-state index contributed by atoms with van der Waals surface area (Å²) in [5.74, 6) is -0.178. The summed E-state index contributed by atoms with van der Waals surface area (Å²) >= 11 is 1.48. The maximum atomic E-state index is 12.0. The minimum Gasteiger partial charge on any atom is -0.273 e. The maximum absolute atomic E-state index is 12.0. The van der Waals surface area contributed by atoms with Crippen molar-refractivity contribution in [2.24, 2.45) is 5.10 Å². The number of carbonyl (C=O) groups is 1. The Morgan fingerprint density at radius 1 is 1.12 bits per heavy atom. The number of benzene rings is 2. The molecule has 0 saturated heterocycles. The molecule has 2 aromatic carbocycles. The van der Waals surface area contributed by atoms with E-state index in [1.807, 2.05) is 79.0 Å². The number of rotatable bonds is 6. The van der Waals surface area contributed by atoms with Crippen molar-refractivity contribution in [3.05, 3.63) is 82.2 Å². The van der Waals surface area contributed by atoms with E-state index in [2.05, 4.69) is 15.5 Å². The van der Waals surface area contributed by atoms with Crippen LogP contribution in [0.1, 0.15) is 17.5 Å². The van der Waals surface area contributed by atoms with Crippen LogP contribution in [0.25, 0.3) is 17.3 Å². The van der Waals surface area contributed by atoms with E-state index in [0.717, 1.165) is 27.4 Å². The number of hydrogen-bond acceptors (Lipinski definition) is 4. The van der Waals surface area contributed by atoms with Gasteiger partial charge < -0.3 is 0 Å². The van der Waals surface area contributed by atoms with Crippen molar-refractivity contribution in [2.75, 3.05) is 0 Å². The molecular formula is C21H19N3OS. The van der Waals surface area contributed by atoms with Gasteiger partial charge >= 0.3 is 0 Å². The Morgan fingerprint density at radius 2 is 1.81 bits per heavy atom. The van der Waals surface area contributed by atoms with Crippen LogP contribution in [0.3, 0.4) is 0 Å².